The standard InChI is InChI=1S/C21H19F6N7O6S/c22-20(23,24)7-1-2-9(21(25,26)27)8(3-7)14(36)40-11-5-34-16(29)30-10(4-33-12(35)6-41-17(33)37)13-18(34,19(11,38)39)32-15(28)31-13/h1-3,10-11,13,38-39H,4-6H2,(H2,29,30)(H3,28,31,32)/t10-,11-,13?,18?/m0/s1. The zero-order chi connectivity index (χ0) is 30.3. The monoisotopic (exact) mass is 611 g/mol. The molecule has 5 rings (SSSR count). The van der Waals surface area contributed by atoms with Crippen molar-refractivity contribution in [3.63, 3.8) is 0 Å². The van der Waals surface area contributed by atoms with Crippen molar-refractivity contribution in [2.24, 2.45) is 21.5 Å². The highest BCUT2D eigenvalue weighted by Crippen LogP contribution is 2.46. The summed E-state index contributed by atoms with van der Waals surface area (Å²) in [5.74, 6) is -6.74. The van der Waals surface area contributed by atoms with Gasteiger partial charge in [0.1, 0.15) is 6.04 Å². The van der Waals surface area contributed by atoms with E-state index >= 15 is 0 Å². The van der Waals surface area contributed by atoms with Crippen LogP contribution >= 0.6 is 11.8 Å². The summed E-state index contributed by atoms with van der Waals surface area (Å²) in [7, 11) is 0. The third-order valence-electron chi connectivity index (χ3n) is 7.08. The van der Waals surface area contributed by atoms with E-state index in [1.807, 2.05) is 0 Å². The van der Waals surface area contributed by atoms with Gasteiger partial charge in [0, 0.05) is 0 Å². The Morgan fingerprint density at radius 3 is 2.41 bits per heavy atom. The van der Waals surface area contributed by atoms with Gasteiger partial charge in [0.25, 0.3) is 5.24 Å². The first kappa shape index (κ1) is 28.7. The summed E-state index contributed by atoms with van der Waals surface area (Å²) in [6.07, 6.45) is -12.5. The minimum Gasteiger partial charge on any atom is -0.451 e. The SMILES string of the molecule is NC1=NC2[C@H](CN3C(=O)CSC3=O)N=C(N)N3C[C@H](OC(=O)c4cc(C(F)(F)F)ccc4C(F)(F)F)C(O)(O)C23N1. The molecular formula is C21H19F6N7O6S. The summed E-state index contributed by atoms with van der Waals surface area (Å²) in [5.41, 5.74) is 4.71. The molecule has 4 aliphatic heterocycles. The van der Waals surface area contributed by atoms with Gasteiger partial charge in [-0.3, -0.25) is 14.5 Å². The average Bonchev–Trinajstić information content (AvgIpc) is 3.45. The highest BCUT2D eigenvalue weighted by atomic mass is 32.2. The second-order valence-electron chi connectivity index (χ2n) is 9.45. The molecule has 4 atom stereocenters. The maximum Gasteiger partial charge on any atom is 0.417 e. The Morgan fingerprint density at radius 1 is 1.15 bits per heavy atom. The third-order valence-corrected chi connectivity index (χ3v) is 7.94. The van der Waals surface area contributed by atoms with Crippen LogP contribution in [0.15, 0.2) is 28.2 Å². The van der Waals surface area contributed by atoms with Crippen LogP contribution in [0.5, 0.6) is 0 Å². The number of hydrogen-bond donors (Lipinski definition) is 5. The van der Waals surface area contributed by atoms with Crippen molar-refractivity contribution < 1.29 is 55.7 Å². The number of alkyl halides is 6. The van der Waals surface area contributed by atoms with Crippen LogP contribution in [0.3, 0.4) is 0 Å². The topological polar surface area (TPSA) is 196 Å². The predicted molar refractivity (Wildman–Crippen MR) is 126 cm³/mol. The minimum absolute atomic E-state index is 0.0543. The molecule has 1 spiro atoms. The Morgan fingerprint density at radius 2 is 1.83 bits per heavy atom. The van der Waals surface area contributed by atoms with Crippen LogP contribution in [-0.2, 0) is 21.9 Å². The van der Waals surface area contributed by atoms with Gasteiger partial charge in [0.05, 0.1) is 41.6 Å². The summed E-state index contributed by atoms with van der Waals surface area (Å²) >= 11 is 0.721. The van der Waals surface area contributed by atoms with E-state index in [1.165, 1.54) is 0 Å². The fraction of sp³-hybridized carbons (Fsp3) is 0.476. The minimum atomic E-state index is -5.27. The summed E-state index contributed by atoms with van der Waals surface area (Å²) < 4.78 is 85.3. The molecule has 4 heterocycles. The number of hydrogen-bond acceptors (Lipinski definition) is 13. The van der Waals surface area contributed by atoms with Gasteiger partial charge >= 0.3 is 18.3 Å². The largest absolute Gasteiger partial charge is 0.451 e. The molecule has 2 fully saturated rings. The Bertz CT molecular complexity index is 1390. The average molecular weight is 611 g/mol. The van der Waals surface area contributed by atoms with Gasteiger partial charge in [-0.25, -0.2) is 14.8 Å². The number of rotatable bonds is 4. The number of nitrogens with one attached hydrogen (secondary N) is 1. The number of guanidine groups is 2. The number of aliphatic imine (C=N–C) groups is 2. The quantitative estimate of drug-likeness (QED) is 0.169. The number of benzene rings is 1. The van der Waals surface area contributed by atoms with Crippen molar-refractivity contribution in [1.29, 1.82) is 0 Å². The number of imide groups is 1. The molecule has 0 bridgehead atoms. The first-order valence-electron chi connectivity index (χ1n) is 11.5. The van der Waals surface area contributed by atoms with Crippen molar-refractivity contribution in [1.82, 2.24) is 15.1 Å². The number of carbonyl (C=O) groups excluding carboxylic acids is 3. The van der Waals surface area contributed by atoms with E-state index < -0.39 is 94.8 Å². The maximum absolute atomic E-state index is 13.6. The van der Waals surface area contributed by atoms with Gasteiger partial charge in [-0.2, -0.15) is 26.3 Å². The van der Waals surface area contributed by atoms with Crippen molar-refractivity contribution in [2.75, 3.05) is 18.8 Å². The highest BCUT2D eigenvalue weighted by Gasteiger charge is 2.74. The molecule has 1 aromatic carbocycles. The second-order valence-corrected chi connectivity index (χ2v) is 10.4. The van der Waals surface area contributed by atoms with E-state index in [4.69, 9.17) is 16.2 Å². The van der Waals surface area contributed by atoms with Gasteiger partial charge in [-0.1, -0.05) is 11.8 Å². The van der Waals surface area contributed by atoms with Crippen LogP contribution in [0, 0.1) is 0 Å². The number of halogens is 6. The number of nitrogens with zero attached hydrogens (tertiary/aromatic N) is 4. The zero-order valence-electron chi connectivity index (χ0n) is 20.2. The van der Waals surface area contributed by atoms with Crippen molar-refractivity contribution in [3.05, 3.63) is 34.9 Å². The van der Waals surface area contributed by atoms with E-state index in [9.17, 15) is 50.9 Å². The molecule has 7 N–H and O–H groups in total. The normalized spacial score (nSPS) is 29.1. The van der Waals surface area contributed by atoms with Crippen LogP contribution < -0.4 is 16.8 Å². The van der Waals surface area contributed by atoms with E-state index in [2.05, 4.69) is 15.3 Å². The number of nitrogens with two attached hydrogens (primary N) is 2. The van der Waals surface area contributed by atoms with Crippen LogP contribution in [0.1, 0.15) is 21.5 Å². The fourth-order valence-electron chi connectivity index (χ4n) is 5.25. The number of thioether (sulfide) groups is 1. The molecule has 2 saturated heterocycles. The van der Waals surface area contributed by atoms with Crippen molar-refractivity contribution in [2.45, 2.75) is 42.0 Å². The highest BCUT2D eigenvalue weighted by molar-refractivity contribution is 8.14. The Balaban J connectivity index is 1.49. The molecule has 13 nitrogen and oxygen atoms in total. The summed E-state index contributed by atoms with van der Waals surface area (Å²) in [6.45, 7) is -1.14. The molecule has 20 heteroatoms. The first-order valence-corrected chi connectivity index (χ1v) is 12.5. The molecule has 2 amide bonds. The van der Waals surface area contributed by atoms with Gasteiger partial charge in [0.2, 0.25) is 11.7 Å². The van der Waals surface area contributed by atoms with Gasteiger partial charge in [-0.05, 0) is 18.2 Å². The lowest BCUT2D eigenvalue weighted by Gasteiger charge is -2.48. The molecular weight excluding hydrogens is 592 g/mol. The summed E-state index contributed by atoms with van der Waals surface area (Å²) in [4.78, 5) is 47.3. The predicted octanol–water partition coefficient (Wildman–Crippen LogP) is -0.379. The van der Waals surface area contributed by atoms with Crippen LogP contribution in [-0.4, -0.2) is 97.5 Å². The summed E-state index contributed by atoms with van der Waals surface area (Å²) in [5, 5.41) is 24.5. The van der Waals surface area contributed by atoms with Crippen LogP contribution in [0.4, 0.5) is 31.1 Å². The van der Waals surface area contributed by atoms with Crippen molar-refractivity contribution >= 4 is 40.8 Å². The number of carbonyl (C=O) groups is 3. The number of aliphatic hydroxyl groups is 2. The van der Waals surface area contributed by atoms with Crippen molar-refractivity contribution in [3.8, 4) is 0 Å². The number of amides is 2. The Kier molecular flexibility index (Phi) is 6.39. The lowest BCUT2D eigenvalue weighted by Crippen LogP contribution is -2.77. The zero-order valence-corrected chi connectivity index (χ0v) is 21.0. The van der Waals surface area contributed by atoms with Gasteiger partial charge in [0.15, 0.2) is 23.7 Å². The van der Waals surface area contributed by atoms with E-state index in [0.717, 1.165) is 21.6 Å². The van der Waals surface area contributed by atoms with Crippen LogP contribution in [0.25, 0.3) is 0 Å². The molecule has 0 radical (unpaired) electrons. The van der Waals surface area contributed by atoms with E-state index in [-0.39, 0.29) is 29.9 Å². The van der Waals surface area contributed by atoms with Gasteiger partial charge in [-0.15, -0.1) is 0 Å². The summed E-state index contributed by atoms with van der Waals surface area (Å²) in [6, 6.07) is -2.49. The molecule has 0 saturated carbocycles. The van der Waals surface area contributed by atoms with E-state index in [1.54, 1.807) is 0 Å². The Labute approximate surface area is 229 Å². The molecule has 41 heavy (non-hydrogen) atoms. The van der Waals surface area contributed by atoms with Crippen LogP contribution in [0.2, 0.25) is 0 Å². The molecule has 4 aliphatic rings. The fourth-order valence-corrected chi connectivity index (χ4v) is 5.98. The molecule has 222 valence electrons. The molecule has 0 aliphatic carbocycles. The number of ether oxygens (including phenoxy) is 1. The molecule has 0 aromatic heterocycles. The maximum atomic E-state index is 13.6. The smallest absolute Gasteiger partial charge is 0.417 e. The lowest BCUT2D eigenvalue weighted by molar-refractivity contribution is -0.256. The molecule has 1 aromatic rings. The van der Waals surface area contributed by atoms with Gasteiger partial charge < -0.3 is 36.6 Å². The third kappa shape index (κ3) is 4.40. The van der Waals surface area contributed by atoms with E-state index in [0.29, 0.717) is 0 Å². The second kappa shape index (κ2) is 9.11. The Hall–Kier alpha value is -3.78. The molecule has 2 unspecified atom stereocenters. The lowest BCUT2D eigenvalue weighted by atomic mass is 9.85. The first-order chi connectivity index (χ1) is 18.9. The number of esters is 1.